The molecule has 0 saturated carbocycles. The van der Waals surface area contributed by atoms with Crippen molar-refractivity contribution in [3.8, 4) is 11.3 Å². The Morgan fingerprint density at radius 2 is 2.03 bits per heavy atom. The first-order chi connectivity index (χ1) is 14.5. The van der Waals surface area contributed by atoms with Crippen LogP contribution in [-0.2, 0) is 4.74 Å². The van der Waals surface area contributed by atoms with E-state index in [0.717, 1.165) is 18.9 Å². The molecule has 0 spiro atoms. The van der Waals surface area contributed by atoms with Crippen LogP contribution in [0.25, 0.3) is 27.8 Å². The molecule has 0 bridgehead atoms. The van der Waals surface area contributed by atoms with E-state index in [2.05, 4.69) is 30.4 Å². The number of benzene rings is 1. The summed E-state index contributed by atoms with van der Waals surface area (Å²) >= 11 is 6.49. The number of fused-ring (bicyclic) bond motifs is 2. The zero-order chi connectivity index (χ0) is 20.8. The Bertz CT molecular complexity index is 1230. The number of hydrogen-bond acceptors (Lipinski definition) is 6. The van der Waals surface area contributed by atoms with E-state index in [4.69, 9.17) is 16.3 Å². The van der Waals surface area contributed by atoms with E-state index in [1.54, 1.807) is 12.4 Å². The highest BCUT2D eigenvalue weighted by atomic mass is 35.5. The number of anilines is 2. The third-order valence-electron chi connectivity index (χ3n) is 5.14. The molecule has 1 aromatic carbocycles. The molecule has 10 heteroatoms. The predicted molar refractivity (Wildman–Crippen MR) is 115 cm³/mol. The molecule has 156 valence electrons. The summed E-state index contributed by atoms with van der Waals surface area (Å²) in [5, 5.41) is 10.8. The first-order valence-electron chi connectivity index (χ1n) is 9.81. The largest absolute Gasteiger partial charge is 0.379 e. The fourth-order valence-corrected chi connectivity index (χ4v) is 4.04. The van der Waals surface area contributed by atoms with Crippen molar-refractivity contribution in [2.75, 3.05) is 36.5 Å². The molecule has 0 unspecified atom stereocenters. The molecule has 3 aromatic heterocycles. The van der Waals surface area contributed by atoms with Gasteiger partial charge in [0.1, 0.15) is 5.82 Å². The van der Waals surface area contributed by atoms with Gasteiger partial charge in [0.25, 0.3) is 0 Å². The van der Waals surface area contributed by atoms with Gasteiger partial charge in [0.2, 0.25) is 0 Å². The van der Waals surface area contributed by atoms with Gasteiger partial charge in [-0.25, -0.2) is 9.37 Å². The van der Waals surface area contributed by atoms with Gasteiger partial charge in [-0.1, -0.05) is 11.6 Å². The highest BCUT2D eigenvalue weighted by Crippen LogP contribution is 2.40. The number of H-pyrrole nitrogens is 1. The second-order valence-corrected chi connectivity index (χ2v) is 7.95. The lowest BCUT2D eigenvalue weighted by molar-refractivity contribution is 0.122. The monoisotopic (exact) mass is 429 g/mol. The SMILES string of the molecule is CC(C)Nc1c(F)c(Cl)c(-c2cn3cc(N4CCOCC4)nc3cn2)c2cn[nH]c12. The van der Waals surface area contributed by atoms with Gasteiger partial charge < -0.3 is 19.4 Å². The lowest BCUT2D eigenvalue weighted by Crippen LogP contribution is -2.36. The molecule has 8 nitrogen and oxygen atoms in total. The van der Waals surface area contributed by atoms with E-state index in [1.807, 2.05) is 30.6 Å². The fourth-order valence-electron chi connectivity index (χ4n) is 3.75. The number of rotatable bonds is 4. The van der Waals surface area contributed by atoms with Crippen molar-refractivity contribution in [2.45, 2.75) is 19.9 Å². The molecular formula is C20H21ClFN7O. The molecule has 0 atom stereocenters. The third kappa shape index (κ3) is 3.14. The fraction of sp³-hybridized carbons (Fsp3) is 0.350. The maximum Gasteiger partial charge on any atom is 0.167 e. The van der Waals surface area contributed by atoms with E-state index >= 15 is 4.39 Å². The van der Waals surface area contributed by atoms with Gasteiger partial charge in [-0.15, -0.1) is 0 Å². The molecule has 0 aliphatic carbocycles. The van der Waals surface area contributed by atoms with Crippen LogP contribution in [0.5, 0.6) is 0 Å². The Kier molecular flexibility index (Phi) is 4.71. The van der Waals surface area contributed by atoms with Crippen LogP contribution in [0, 0.1) is 5.82 Å². The minimum atomic E-state index is -0.529. The lowest BCUT2D eigenvalue weighted by atomic mass is 10.1. The first kappa shape index (κ1) is 19.1. The summed E-state index contributed by atoms with van der Waals surface area (Å²) < 4.78 is 22.5. The van der Waals surface area contributed by atoms with Crippen LogP contribution in [0.3, 0.4) is 0 Å². The molecule has 5 rings (SSSR count). The van der Waals surface area contributed by atoms with E-state index in [9.17, 15) is 0 Å². The number of halogens is 2. The molecular weight excluding hydrogens is 409 g/mol. The molecule has 4 heterocycles. The van der Waals surface area contributed by atoms with Crippen molar-refractivity contribution in [3.05, 3.63) is 35.6 Å². The van der Waals surface area contributed by atoms with E-state index in [1.165, 1.54) is 0 Å². The van der Waals surface area contributed by atoms with Crippen LogP contribution >= 0.6 is 11.6 Å². The third-order valence-corrected chi connectivity index (χ3v) is 5.50. The standard InChI is InChI=1S/C20H21ClFN7O/c1-11(2)25-20-18(22)17(21)16(12-7-24-27-19(12)20)13-9-29-10-15(26-14(29)8-23-13)28-3-5-30-6-4-28/h7-11,25H,3-6H2,1-2H3,(H,24,27). The topological polar surface area (TPSA) is 83.4 Å². The van der Waals surface area contributed by atoms with Crippen molar-refractivity contribution in [2.24, 2.45) is 0 Å². The smallest absolute Gasteiger partial charge is 0.167 e. The first-order valence-corrected chi connectivity index (χ1v) is 10.2. The Morgan fingerprint density at radius 1 is 1.23 bits per heavy atom. The van der Waals surface area contributed by atoms with E-state index in [-0.39, 0.29) is 11.1 Å². The van der Waals surface area contributed by atoms with Crippen LogP contribution in [0.4, 0.5) is 15.9 Å². The number of morpholine rings is 1. The second-order valence-electron chi connectivity index (χ2n) is 7.57. The van der Waals surface area contributed by atoms with Gasteiger partial charge in [-0.2, -0.15) is 5.10 Å². The minimum absolute atomic E-state index is 0.00687. The van der Waals surface area contributed by atoms with Gasteiger partial charge in [0.05, 0.1) is 53.7 Å². The van der Waals surface area contributed by atoms with Crippen LogP contribution in [-0.4, -0.2) is 56.9 Å². The molecule has 1 saturated heterocycles. The lowest BCUT2D eigenvalue weighted by Gasteiger charge is -2.26. The molecule has 2 N–H and O–H groups in total. The van der Waals surface area contributed by atoms with Crippen LogP contribution in [0.1, 0.15) is 13.8 Å². The molecule has 1 aliphatic rings. The van der Waals surface area contributed by atoms with E-state index < -0.39 is 5.82 Å². The molecule has 0 amide bonds. The van der Waals surface area contributed by atoms with Crippen molar-refractivity contribution < 1.29 is 9.13 Å². The molecule has 1 fully saturated rings. The molecule has 30 heavy (non-hydrogen) atoms. The predicted octanol–water partition coefficient (Wildman–Crippen LogP) is 3.72. The molecule has 0 radical (unpaired) electrons. The number of aromatic amines is 1. The maximum atomic E-state index is 15.2. The van der Waals surface area contributed by atoms with Gasteiger partial charge in [0.15, 0.2) is 11.5 Å². The average molecular weight is 430 g/mol. The van der Waals surface area contributed by atoms with Crippen molar-refractivity contribution in [1.29, 1.82) is 0 Å². The van der Waals surface area contributed by atoms with Crippen molar-refractivity contribution in [3.63, 3.8) is 0 Å². The van der Waals surface area contributed by atoms with Gasteiger partial charge in [-0.3, -0.25) is 10.1 Å². The Labute approximate surface area is 177 Å². The zero-order valence-electron chi connectivity index (χ0n) is 16.6. The summed E-state index contributed by atoms with van der Waals surface area (Å²) in [5.74, 6) is 0.332. The number of nitrogens with zero attached hydrogens (tertiary/aromatic N) is 5. The summed E-state index contributed by atoms with van der Waals surface area (Å²) in [6, 6.07) is 0.0342. The number of nitrogens with one attached hydrogen (secondary N) is 2. The van der Waals surface area contributed by atoms with Gasteiger partial charge in [-0.05, 0) is 13.8 Å². The van der Waals surface area contributed by atoms with Crippen molar-refractivity contribution >= 4 is 39.7 Å². The maximum absolute atomic E-state index is 15.2. The number of aromatic nitrogens is 5. The summed E-state index contributed by atoms with van der Waals surface area (Å²) in [6.45, 7) is 6.82. The average Bonchev–Trinajstić information content (AvgIpc) is 3.39. The van der Waals surface area contributed by atoms with Crippen LogP contribution in [0.15, 0.2) is 24.8 Å². The summed E-state index contributed by atoms with van der Waals surface area (Å²) in [4.78, 5) is 11.3. The Hall–Kier alpha value is -2.91. The summed E-state index contributed by atoms with van der Waals surface area (Å²) in [6.07, 6.45) is 7.06. The quantitative estimate of drug-likeness (QED) is 0.514. The molecule has 1 aliphatic heterocycles. The van der Waals surface area contributed by atoms with Gasteiger partial charge >= 0.3 is 0 Å². The summed E-state index contributed by atoms with van der Waals surface area (Å²) in [5.41, 5.74) is 2.61. The van der Waals surface area contributed by atoms with E-state index in [0.29, 0.717) is 46.7 Å². The van der Waals surface area contributed by atoms with Crippen LogP contribution < -0.4 is 10.2 Å². The highest BCUT2D eigenvalue weighted by molar-refractivity contribution is 6.35. The highest BCUT2D eigenvalue weighted by Gasteiger charge is 2.23. The second kappa shape index (κ2) is 7.41. The Balaban J connectivity index is 1.63. The number of imidazole rings is 1. The summed E-state index contributed by atoms with van der Waals surface area (Å²) in [7, 11) is 0. The van der Waals surface area contributed by atoms with Crippen LogP contribution in [0.2, 0.25) is 5.02 Å². The minimum Gasteiger partial charge on any atom is -0.379 e. The number of hydrogen-bond donors (Lipinski definition) is 2. The normalized spacial score (nSPS) is 14.9. The van der Waals surface area contributed by atoms with Gasteiger partial charge in [0, 0.05) is 36.3 Å². The number of ether oxygens (including phenoxy) is 1. The Morgan fingerprint density at radius 3 is 2.80 bits per heavy atom. The molecule has 4 aromatic rings. The van der Waals surface area contributed by atoms with Crippen molar-refractivity contribution in [1.82, 2.24) is 24.6 Å². The zero-order valence-corrected chi connectivity index (χ0v) is 17.4.